The molecule has 1 spiro atoms. The predicted octanol–water partition coefficient (Wildman–Crippen LogP) is -1.27. The molecule has 8 nitrogen and oxygen atoms in total. The van der Waals surface area contributed by atoms with Crippen LogP contribution in [0.15, 0.2) is 24.3 Å². The Kier molecular flexibility index (Phi) is 2.52. The van der Waals surface area contributed by atoms with E-state index in [9.17, 15) is 19.2 Å². The first kappa shape index (κ1) is 11.1. The molecule has 0 aromatic rings. The lowest BCUT2D eigenvalue weighted by Crippen LogP contribution is -2.52. The van der Waals surface area contributed by atoms with Gasteiger partial charge in [0.1, 0.15) is 0 Å². The van der Waals surface area contributed by atoms with Crippen LogP contribution >= 0.6 is 0 Å². The van der Waals surface area contributed by atoms with Crippen molar-refractivity contribution in [3.05, 3.63) is 24.3 Å². The fourth-order valence-electron chi connectivity index (χ4n) is 1.03. The molecule has 0 bridgehead atoms. The third-order valence-electron chi connectivity index (χ3n) is 1.61. The lowest BCUT2D eigenvalue weighted by molar-refractivity contribution is -0.154. The molecule has 2 heterocycles. The molecule has 0 fully saturated rings. The molecule has 0 saturated heterocycles. The molecule has 0 radical (unpaired) electrons. The Morgan fingerprint density at radius 3 is 1.06 bits per heavy atom. The van der Waals surface area contributed by atoms with Gasteiger partial charge in [0, 0.05) is 24.3 Å². The van der Waals surface area contributed by atoms with Gasteiger partial charge in [-0.25, -0.2) is 19.2 Å². The van der Waals surface area contributed by atoms with Crippen molar-refractivity contribution < 1.29 is 36.9 Å². The van der Waals surface area contributed by atoms with Crippen LogP contribution in [0.1, 0.15) is 0 Å². The van der Waals surface area contributed by atoms with Gasteiger partial charge in [0.15, 0.2) is 0 Å². The Bertz CT molecular complexity index is 388. The minimum Gasteiger partial charge on any atom is -0.419 e. The van der Waals surface area contributed by atoms with Gasteiger partial charge in [0.2, 0.25) is 0 Å². The molecule has 2 aliphatic heterocycles. The summed E-state index contributed by atoms with van der Waals surface area (Å²) in [6.07, 6.45) is 3.07. The highest BCUT2D eigenvalue weighted by molar-refractivity contribution is 6.62. The Morgan fingerprint density at radius 2 is 0.824 bits per heavy atom. The van der Waals surface area contributed by atoms with Crippen molar-refractivity contribution in [1.29, 1.82) is 0 Å². The Labute approximate surface area is 94.9 Å². The molecular weight excluding hydrogens is 252 g/mol. The van der Waals surface area contributed by atoms with Gasteiger partial charge in [-0.3, -0.25) is 0 Å². The van der Waals surface area contributed by atoms with Crippen molar-refractivity contribution in [2.24, 2.45) is 0 Å². The second-order valence-corrected chi connectivity index (χ2v) is 4.67. The minimum atomic E-state index is -4.45. The number of carbonyl (C=O) groups excluding carboxylic acids is 4. The van der Waals surface area contributed by atoms with Gasteiger partial charge in [0.05, 0.1) is 0 Å². The highest BCUT2D eigenvalue weighted by Gasteiger charge is 2.63. The maximum atomic E-state index is 11.1. The summed E-state index contributed by atoms with van der Waals surface area (Å²) in [6, 6.07) is 0. The van der Waals surface area contributed by atoms with Gasteiger partial charge in [-0.2, -0.15) is 0 Å². The molecule has 2 rings (SSSR count). The molecule has 88 valence electrons. The smallest absolute Gasteiger partial charge is 0.419 e. The number of hydrogen-bond donors (Lipinski definition) is 0. The number of carbonyl (C=O) groups is 4. The van der Waals surface area contributed by atoms with Crippen molar-refractivity contribution in [2.45, 2.75) is 0 Å². The molecule has 9 heteroatoms. The van der Waals surface area contributed by atoms with E-state index in [1.807, 2.05) is 0 Å². The zero-order valence-electron chi connectivity index (χ0n) is 8.08. The monoisotopic (exact) mass is 256 g/mol. The molecule has 0 unspecified atom stereocenters. The zero-order valence-corrected chi connectivity index (χ0v) is 9.08. The van der Waals surface area contributed by atoms with Gasteiger partial charge in [0.25, 0.3) is 0 Å². The van der Waals surface area contributed by atoms with E-state index in [0.29, 0.717) is 0 Å². The molecule has 0 amide bonds. The summed E-state index contributed by atoms with van der Waals surface area (Å²) < 4.78 is 18.3. The average molecular weight is 256 g/mol. The van der Waals surface area contributed by atoms with Gasteiger partial charge in [-0.15, -0.1) is 0 Å². The SMILES string of the molecule is O=C1C=CC(=O)O[Si]2(O1)OC(=O)C=CC(=O)O2. The molecule has 0 aromatic carbocycles. The maximum absolute atomic E-state index is 11.1. The van der Waals surface area contributed by atoms with E-state index in [1.165, 1.54) is 0 Å². The highest BCUT2D eigenvalue weighted by Crippen LogP contribution is 2.18. The molecule has 0 aliphatic carbocycles. The summed E-state index contributed by atoms with van der Waals surface area (Å²) in [5.41, 5.74) is 0. The summed E-state index contributed by atoms with van der Waals surface area (Å²) in [6.45, 7) is 0. The van der Waals surface area contributed by atoms with Crippen molar-refractivity contribution in [1.82, 2.24) is 0 Å². The summed E-state index contributed by atoms with van der Waals surface area (Å²) in [7, 11) is -4.45. The van der Waals surface area contributed by atoms with Crippen LogP contribution in [0.4, 0.5) is 0 Å². The number of hydrogen-bond acceptors (Lipinski definition) is 8. The molecule has 2 aliphatic rings. The standard InChI is InChI=1S/C8H4O8Si/c9-5-1-2-6(10)14-17(13-5)15-7(11)3-4-8(12)16-17/h1-4H. The fourth-order valence-corrected chi connectivity index (χ4v) is 2.53. The van der Waals surface area contributed by atoms with Crippen molar-refractivity contribution in [2.75, 3.05) is 0 Å². The third-order valence-corrected chi connectivity index (χ3v) is 3.42. The predicted molar refractivity (Wildman–Crippen MR) is 48.4 cm³/mol. The zero-order chi connectivity index (χ0) is 12.5. The van der Waals surface area contributed by atoms with Gasteiger partial charge in [-0.05, 0) is 0 Å². The largest absolute Gasteiger partial charge is 0.975 e. The van der Waals surface area contributed by atoms with E-state index in [1.54, 1.807) is 0 Å². The summed E-state index contributed by atoms with van der Waals surface area (Å²) >= 11 is 0. The van der Waals surface area contributed by atoms with Crippen LogP contribution in [0.2, 0.25) is 0 Å². The lowest BCUT2D eigenvalue weighted by atomic mass is 10.5. The first-order valence-corrected chi connectivity index (χ1v) is 5.90. The summed E-state index contributed by atoms with van der Waals surface area (Å²) in [4.78, 5) is 44.5. The van der Waals surface area contributed by atoms with E-state index in [-0.39, 0.29) is 0 Å². The lowest BCUT2D eigenvalue weighted by Gasteiger charge is -2.20. The molecular formula is C8H4O8Si. The van der Waals surface area contributed by atoms with E-state index >= 15 is 0 Å². The second kappa shape index (κ2) is 3.86. The van der Waals surface area contributed by atoms with Crippen molar-refractivity contribution >= 4 is 32.9 Å². The van der Waals surface area contributed by atoms with Crippen LogP contribution < -0.4 is 0 Å². The molecule has 0 atom stereocenters. The fraction of sp³-hybridized carbons (Fsp3) is 0. The minimum absolute atomic E-state index is 0.768. The van der Waals surface area contributed by atoms with E-state index < -0.39 is 32.9 Å². The summed E-state index contributed by atoms with van der Waals surface area (Å²) in [5, 5.41) is 0. The Morgan fingerprint density at radius 1 is 0.588 bits per heavy atom. The first-order valence-electron chi connectivity index (χ1n) is 4.27. The van der Waals surface area contributed by atoms with Crippen LogP contribution in [-0.2, 0) is 36.9 Å². The van der Waals surface area contributed by atoms with Crippen LogP contribution in [0.25, 0.3) is 0 Å². The van der Waals surface area contributed by atoms with Crippen LogP contribution in [0.5, 0.6) is 0 Å². The maximum Gasteiger partial charge on any atom is 0.975 e. The Hall–Kier alpha value is -2.42. The number of rotatable bonds is 0. The Balaban J connectivity index is 2.34. The molecule has 0 saturated carbocycles. The van der Waals surface area contributed by atoms with E-state index in [0.717, 1.165) is 24.3 Å². The average Bonchev–Trinajstić information content (AvgIpc) is 2.43. The van der Waals surface area contributed by atoms with Gasteiger partial charge in [-0.1, -0.05) is 0 Å². The molecule has 0 aromatic heterocycles. The van der Waals surface area contributed by atoms with E-state index in [2.05, 4.69) is 17.7 Å². The van der Waals surface area contributed by atoms with Gasteiger partial charge < -0.3 is 17.7 Å². The van der Waals surface area contributed by atoms with Crippen molar-refractivity contribution in [3.8, 4) is 0 Å². The van der Waals surface area contributed by atoms with Crippen LogP contribution in [0, 0.1) is 0 Å². The second-order valence-electron chi connectivity index (χ2n) is 2.85. The molecule has 0 N–H and O–H groups in total. The van der Waals surface area contributed by atoms with Crippen molar-refractivity contribution in [3.63, 3.8) is 0 Å². The topological polar surface area (TPSA) is 105 Å². The highest BCUT2D eigenvalue weighted by atomic mass is 28.4. The van der Waals surface area contributed by atoms with Crippen LogP contribution in [-0.4, -0.2) is 32.9 Å². The van der Waals surface area contributed by atoms with E-state index in [4.69, 9.17) is 0 Å². The third kappa shape index (κ3) is 2.39. The quantitative estimate of drug-likeness (QED) is 0.494. The first-order chi connectivity index (χ1) is 7.99. The summed E-state index contributed by atoms with van der Waals surface area (Å²) in [5.74, 6) is -4.04. The van der Waals surface area contributed by atoms with Crippen LogP contribution in [0.3, 0.4) is 0 Å². The normalized spacial score (nSPS) is 22.1. The molecule has 17 heavy (non-hydrogen) atoms. The van der Waals surface area contributed by atoms with Gasteiger partial charge >= 0.3 is 32.9 Å².